The Hall–Kier alpha value is -3.03. The summed E-state index contributed by atoms with van der Waals surface area (Å²) in [6.45, 7) is 7.46. The third-order valence-corrected chi connectivity index (χ3v) is 8.55. The molecule has 2 N–H and O–H groups in total. The lowest BCUT2D eigenvalue weighted by Gasteiger charge is -2.43. The molecule has 2 fully saturated rings. The van der Waals surface area contributed by atoms with Gasteiger partial charge in [0.1, 0.15) is 0 Å². The summed E-state index contributed by atoms with van der Waals surface area (Å²) in [5, 5.41) is 12.5. The van der Waals surface area contributed by atoms with Crippen LogP contribution >= 0.6 is 0 Å². The molecule has 1 amide bonds. The van der Waals surface area contributed by atoms with Crippen LogP contribution in [0.2, 0.25) is 0 Å². The van der Waals surface area contributed by atoms with Crippen molar-refractivity contribution in [1.82, 2.24) is 10.2 Å². The second-order valence-electron chi connectivity index (χ2n) is 11.6. The maximum absolute atomic E-state index is 11.5. The normalized spacial score (nSPS) is 23.9. The number of rotatable bonds is 8. The molecule has 41 heavy (non-hydrogen) atoms. The Labute approximate surface area is 244 Å². The summed E-state index contributed by atoms with van der Waals surface area (Å²) in [5.41, 5.74) is 6.28. The van der Waals surface area contributed by atoms with Crippen molar-refractivity contribution in [2.75, 3.05) is 19.6 Å². The van der Waals surface area contributed by atoms with Crippen molar-refractivity contribution < 1.29 is 19.4 Å². The number of nitrogens with one attached hydrogen (secondary N) is 1. The first-order valence-electron chi connectivity index (χ1n) is 15.2. The highest BCUT2D eigenvalue weighted by molar-refractivity contribution is 5.74. The fourth-order valence-corrected chi connectivity index (χ4v) is 6.07. The molecule has 0 aliphatic carbocycles. The van der Waals surface area contributed by atoms with E-state index in [0.29, 0.717) is 6.54 Å². The molecule has 2 heterocycles. The molecule has 6 nitrogen and oxygen atoms in total. The zero-order valence-electron chi connectivity index (χ0n) is 24.4. The topological polar surface area (TPSA) is 71.0 Å². The smallest absolute Gasteiger partial charge is 0.217 e. The third kappa shape index (κ3) is 7.63. The number of carbonyl (C=O) groups is 1. The van der Waals surface area contributed by atoms with Crippen molar-refractivity contribution >= 4 is 5.91 Å². The van der Waals surface area contributed by atoms with Gasteiger partial charge in [-0.05, 0) is 53.7 Å². The summed E-state index contributed by atoms with van der Waals surface area (Å²) < 4.78 is 13.4. The van der Waals surface area contributed by atoms with Crippen LogP contribution in [-0.2, 0) is 27.4 Å². The van der Waals surface area contributed by atoms with Crippen molar-refractivity contribution in [1.29, 1.82) is 0 Å². The molecule has 0 saturated carbocycles. The van der Waals surface area contributed by atoms with Gasteiger partial charge in [0.15, 0.2) is 6.29 Å². The predicted octanol–water partition coefficient (Wildman–Crippen LogP) is 6.54. The molecule has 0 radical (unpaired) electrons. The van der Waals surface area contributed by atoms with E-state index in [-0.39, 0.29) is 30.6 Å². The first-order valence-corrected chi connectivity index (χ1v) is 15.2. The molecular formula is C35H44N2O4. The molecule has 2 aliphatic heterocycles. The molecule has 0 spiro atoms. The standard InChI is InChI=1S/C35H44N2O4/c1-25-33(23-37-20-8-4-3-5-9-21-37)40-35(41-34(25)29-14-12-27(24-38)13-15-29)30-18-16-28(17-19-30)32-11-7-6-10-31(32)22-36-26(2)39/h6-7,10-19,25,33-35,38H,3-5,8-9,20-24H2,1-2H3,(H,36,39). The number of aliphatic hydroxyl groups is 1. The highest BCUT2D eigenvalue weighted by Gasteiger charge is 2.39. The minimum atomic E-state index is -0.475. The number of aliphatic hydroxyl groups excluding tert-OH is 1. The second-order valence-corrected chi connectivity index (χ2v) is 11.6. The minimum absolute atomic E-state index is 0.0327. The summed E-state index contributed by atoms with van der Waals surface area (Å²) in [5.74, 6) is 0.137. The van der Waals surface area contributed by atoms with E-state index in [1.54, 1.807) is 0 Å². The fourth-order valence-electron chi connectivity index (χ4n) is 6.07. The Morgan fingerprint density at radius 3 is 2.22 bits per heavy atom. The summed E-state index contributed by atoms with van der Waals surface area (Å²) in [7, 11) is 0. The highest BCUT2D eigenvalue weighted by atomic mass is 16.7. The van der Waals surface area contributed by atoms with Crippen LogP contribution in [-0.4, -0.2) is 41.7 Å². The summed E-state index contributed by atoms with van der Waals surface area (Å²) >= 11 is 0. The van der Waals surface area contributed by atoms with Crippen molar-refractivity contribution in [2.24, 2.45) is 5.92 Å². The molecule has 2 saturated heterocycles. The first kappa shape index (κ1) is 29.5. The molecule has 3 aromatic carbocycles. The summed E-state index contributed by atoms with van der Waals surface area (Å²) in [4.78, 5) is 14.1. The minimum Gasteiger partial charge on any atom is -0.392 e. The lowest BCUT2D eigenvalue weighted by Crippen LogP contribution is -2.45. The van der Waals surface area contributed by atoms with Gasteiger partial charge in [-0.3, -0.25) is 4.79 Å². The van der Waals surface area contributed by atoms with Crippen LogP contribution in [0.5, 0.6) is 0 Å². The van der Waals surface area contributed by atoms with Gasteiger partial charge in [-0.2, -0.15) is 0 Å². The molecule has 4 unspecified atom stereocenters. The first-order chi connectivity index (χ1) is 20.0. The number of hydrogen-bond acceptors (Lipinski definition) is 5. The molecule has 0 aromatic heterocycles. The van der Waals surface area contributed by atoms with E-state index in [0.717, 1.165) is 53.0 Å². The van der Waals surface area contributed by atoms with Gasteiger partial charge in [-0.15, -0.1) is 0 Å². The number of ether oxygens (including phenoxy) is 2. The predicted molar refractivity (Wildman–Crippen MR) is 162 cm³/mol. The van der Waals surface area contributed by atoms with E-state index < -0.39 is 6.29 Å². The Bertz CT molecular complexity index is 1250. The van der Waals surface area contributed by atoms with E-state index in [1.165, 1.54) is 39.0 Å². The van der Waals surface area contributed by atoms with E-state index >= 15 is 0 Å². The average molecular weight is 557 g/mol. The van der Waals surface area contributed by atoms with Crippen LogP contribution < -0.4 is 5.32 Å². The number of nitrogens with zero attached hydrogens (tertiary/aromatic N) is 1. The number of likely N-dealkylation sites (tertiary alicyclic amines) is 1. The Morgan fingerprint density at radius 1 is 0.878 bits per heavy atom. The number of amides is 1. The molecule has 2 aliphatic rings. The Morgan fingerprint density at radius 2 is 1.54 bits per heavy atom. The molecule has 4 atom stereocenters. The van der Waals surface area contributed by atoms with Gasteiger partial charge in [0.25, 0.3) is 0 Å². The van der Waals surface area contributed by atoms with Gasteiger partial charge < -0.3 is 24.8 Å². The van der Waals surface area contributed by atoms with Crippen molar-refractivity contribution in [3.05, 3.63) is 95.1 Å². The quantitative estimate of drug-likeness (QED) is 0.330. The van der Waals surface area contributed by atoms with Gasteiger partial charge in [-0.25, -0.2) is 0 Å². The zero-order valence-corrected chi connectivity index (χ0v) is 24.4. The Balaban J connectivity index is 1.38. The second kappa shape index (κ2) is 14.2. The van der Waals surface area contributed by atoms with Crippen LogP contribution in [0.1, 0.15) is 80.6 Å². The fraction of sp³-hybridized carbons (Fsp3) is 0.457. The van der Waals surface area contributed by atoms with Crippen LogP contribution in [0.3, 0.4) is 0 Å². The van der Waals surface area contributed by atoms with E-state index in [4.69, 9.17) is 9.47 Å². The van der Waals surface area contributed by atoms with Crippen LogP contribution in [0.15, 0.2) is 72.8 Å². The largest absolute Gasteiger partial charge is 0.392 e. The van der Waals surface area contributed by atoms with Crippen molar-refractivity contribution in [3.63, 3.8) is 0 Å². The van der Waals surface area contributed by atoms with Crippen molar-refractivity contribution in [2.45, 2.75) is 77.6 Å². The third-order valence-electron chi connectivity index (χ3n) is 8.55. The molecule has 218 valence electrons. The molecular weight excluding hydrogens is 512 g/mol. The summed E-state index contributed by atoms with van der Waals surface area (Å²) in [6, 6.07) is 24.7. The van der Waals surface area contributed by atoms with E-state index in [9.17, 15) is 9.90 Å². The number of carbonyl (C=O) groups excluding carboxylic acids is 1. The van der Waals surface area contributed by atoms with Crippen LogP contribution in [0.4, 0.5) is 0 Å². The molecule has 3 aromatic rings. The van der Waals surface area contributed by atoms with Gasteiger partial charge >= 0.3 is 0 Å². The maximum Gasteiger partial charge on any atom is 0.217 e. The van der Waals surface area contributed by atoms with Crippen molar-refractivity contribution in [3.8, 4) is 11.1 Å². The van der Waals surface area contributed by atoms with Gasteiger partial charge in [0.2, 0.25) is 5.91 Å². The zero-order chi connectivity index (χ0) is 28.6. The van der Waals surface area contributed by atoms with Crippen LogP contribution in [0, 0.1) is 5.92 Å². The lowest BCUT2D eigenvalue weighted by atomic mass is 9.89. The van der Waals surface area contributed by atoms with Crippen LogP contribution in [0.25, 0.3) is 11.1 Å². The molecule has 0 bridgehead atoms. The van der Waals surface area contributed by atoms with Gasteiger partial charge in [-0.1, -0.05) is 99.0 Å². The summed E-state index contributed by atoms with van der Waals surface area (Å²) in [6.07, 6.45) is 5.91. The monoisotopic (exact) mass is 556 g/mol. The van der Waals surface area contributed by atoms with E-state index in [1.807, 2.05) is 24.3 Å². The average Bonchev–Trinajstić information content (AvgIpc) is 2.98. The number of hydrogen-bond donors (Lipinski definition) is 2. The van der Waals surface area contributed by atoms with Gasteiger partial charge in [0, 0.05) is 31.5 Å². The molecule has 5 rings (SSSR count). The Kier molecular flexibility index (Phi) is 10.2. The highest BCUT2D eigenvalue weighted by Crippen LogP contribution is 2.42. The van der Waals surface area contributed by atoms with E-state index in [2.05, 4.69) is 65.7 Å². The number of benzene rings is 3. The SMILES string of the molecule is CC(=O)NCc1ccccc1-c1ccc(C2OC(CN3CCCCCCC3)C(C)C(c3ccc(CO)cc3)O2)cc1. The maximum atomic E-state index is 11.5. The lowest BCUT2D eigenvalue weighted by molar-refractivity contribution is -0.276. The van der Waals surface area contributed by atoms with Gasteiger partial charge in [0.05, 0.1) is 18.8 Å². The molecule has 6 heteroatoms.